The number of aromatic nitrogens is 4. The van der Waals surface area contributed by atoms with Crippen molar-refractivity contribution >= 4 is 58.4 Å². The zero-order valence-corrected chi connectivity index (χ0v) is 41.5. The van der Waals surface area contributed by atoms with Crippen LogP contribution in [0.4, 0.5) is 29.1 Å². The van der Waals surface area contributed by atoms with Crippen molar-refractivity contribution in [1.29, 1.82) is 5.26 Å². The molecule has 0 radical (unpaired) electrons. The van der Waals surface area contributed by atoms with Crippen molar-refractivity contribution in [2.24, 2.45) is 22.7 Å². The van der Waals surface area contributed by atoms with Crippen molar-refractivity contribution in [3.8, 4) is 17.6 Å². The number of hydrogen-bond donors (Lipinski definition) is 3. The largest absolute Gasteiger partial charge is 0.495 e. The minimum absolute atomic E-state index is 0.0716. The highest BCUT2D eigenvalue weighted by Gasteiger charge is 2.64. The first kappa shape index (κ1) is 47.8. The fourth-order valence-electron chi connectivity index (χ4n) is 12.1. The number of amides is 3. The first-order valence-corrected chi connectivity index (χ1v) is 24.9. The second-order valence-electron chi connectivity index (χ2n) is 20.9. The van der Waals surface area contributed by atoms with Crippen molar-refractivity contribution in [2.45, 2.75) is 129 Å². The van der Waals surface area contributed by atoms with Crippen LogP contribution >= 0.6 is 11.6 Å². The molecule has 0 unspecified atom stereocenters. The summed E-state index contributed by atoms with van der Waals surface area (Å²) >= 11 is 6.26. The van der Waals surface area contributed by atoms with Gasteiger partial charge in [-0.1, -0.05) is 59.1 Å². The quantitative estimate of drug-likeness (QED) is 0.109. The van der Waals surface area contributed by atoms with Crippen LogP contribution in [-0.2, 0) is 4.79 Å². The van der Waals surface area contributed by atoms with Crippen molar-refractivity contribution in [1.82, 2.24) is 30.6 Å². The Morgan fingerprint density at radius 1 is 0.899 bits per heavy atom. The number of fused-ring (bicyclic) bond motifs is 1. The zero-order chi connectivity index (χ0) is 48.8. The van der Waals surface area contributed by atoms with E-state index in [9.17, 15) is 19.6 Å². The monoisotopic (exact) mass is 957 g/mol. The second kappa shape index (κ2) is 19.3. The number of piperidine rings is 1. The molecule has 9 rings (SSSR count). The fourth-order valence-corrected chi connectivity index (χ4v) is 12.3. The molecular weight excluding hydrogens is 894 g/mol. The molecule has 0 spiro atoms. The third kappa shape index (κ3) is 9.34. The molecule has 69 heavy (non-hydrogen) atoms. The molecule has 2 aliphatic heterocycles. The normalized spacial score (nSPS) is 24.1. The van der Waals surface area contributed by atoms with Crippen LogP contribution in [0.1, 0.15) is 125 Å². The number of halogens is 1. The maximum Gasteiger partial charge on any atom is 0.254 e. The molecule has 1 saturated heterocycles. The Morgan fingerprint density at radius 3 is 2.25 bits per heavy atom. The number of nitriles is 1. The van der Waals surface area contributed by atoms with E-state index < -0.39 is 0 Å². The molecule has 3 aliphatic carbocycles. The summed E-state index contributed by atoms with van der Waals surface area (Å²) in [6, 6.07) is 12.5. The van der Waals surface area contributed by atoms with Gasteiger partial charge >= 0.3 is 0 Å². The Kier molecular flexibility index (Phi) is 13.4. The van der Waals surface area contributed by atoms with E-state index in [1.807, 2.05) is 6.07 Å². The molecule has 3 N–H and O–H groups in total. The summed E-state index contributed by atoms with van der Waals surface area (Å²) < 4.78 is 12.1. The summed E-state index contributed by atoms with van der Waals surface area (Å²) in [7, 11) is 3.37. The van der Waals surface area contributed by atoms with Gasteiger partial charge in [-0.15, -0.1) is 0 Å². The Hall–Kier alpha value is -6.21. The summed E-state index contributed by atoms with van der Waals surface area (Å²) in [5.74, 6) is 3.76. The van der Waals surface area contributed by atoms with Gasteiger partial charge in [-0.25, -0.2) is 15.0 Å². The topological polar surface area (TPSA) is 191 Å². The van der Waals surface area contributed by atoms with Gasteiger partial charge in [-0.05, 0) is 93.5 Å². The van der Waals surface area contributed by atoms with E-state index in [2.05, 4.69) is 81.4 Å². The number of anilines is 5. The van der Waals surface area contributed by atoms with Gasteiger partial charge in [0.1, 0.15) is 35.4 Å². The maximum absolute atomic E-state index is 13.5. The molecule has 3 amide bonds. The van der Waals surface area contributed by atoms with Gasteiger partial charge in [-0.3, -0.25) is 14.4 Å². The number of ether oxygens (including phenoxy) is 2. The predicted octanol–water partition coefficient (Wildman–Crippen LogP) is 8.47. The van der Waals surface area contributed by atoms with Crippen molar-refractivity contribution in [3.05, 3.63) is 76.7 Å². The van der Waals surface area contributed by atoms with Gasteiger partial charge in [0.2, 0.25) is 17.8 Å². The highest BCUT2D eigenvalue weighted by molar-refractivity contribution is 6.31. The highest BCUT2D eigenvalue weighted by Crippen LogP contribution is 2.56. The number of carbonyl (C=O) groups is 3. The van der Waals surface area contributed by atoms with Crippen LogP contribution in [0.2, 0.25) is 5.02 Å². The van der Waals surface area contributed by atoms with E-state index in [1.165, 1.54) is 0 Å². The zero-order valence-electron chi connectivity index (χ0n) is 40.7. The first-order chi connectivity index (χ1) is 33.1. The Labute approximate surface area is 409 Å². The van der Waals surface area contributed by atoms with Crippen LogP contribution in [0.15, 0.2) is 55.0 Å². The lowest BCUT2D eigenvalue weighted by Crippen LogP contribution is -2.74. The Bertz CT molecular complexity index is 2600. The predicted molar refractivity (Wildman–Crippen MR) is 265 cm³/mol. The molecule has 2 aromatic heterocycles. The van der Waals surface area contributed by atoms with E-state index >= 15 is 0 Å². The Balaban J connectivity index is 0.720. The molecule has 0 bridgehead atoms. The lowest BCUT2D eigenvalue weighted by atomic mass is 9.49. The van der Waals surface area contributed by atoms with Gasteiger partial charge in [0, 0.05) is 73.1 Å². The van der Waals surface area contributed by atoms with E-state index in [4.69, 9.17) is 26.1 Å². The molecule has 17 heteroatoms. The number of carbonyl (C=O) groups excluding carboxylic acids is 3. The average Bonchev–Trinajstić information content (AvgIpc) is 3.87. The average molecular weight is 959 g/mol. The minimum Gasteiger partial charge on any atom is -0.495 e. The summed E-state index contributed by atoms with van der Waals surface area (Å²) in [6.45, 7) is 12.0. The fraction of sp³-hybridized carbons (Fsp3) is 0.538. The number of methoxy groups -OCH3 is 1. The molecule has 2 aromatic carbocycles. The van der Waals surface area contributed by atoms with Crippen molar-refractivity contribution in [3.63, 3.8) is 0 Å². The summed E-state index contributed by atoms with van der Waals surface area (Å²) in [4.78, 5) is 65.1. The van der Waals surface area contributed by atoms with Crippen molar-refractivity contribution < 1.29 is 23.9 Å². The highest BCUT2D eigenvalue weighted by atomic mass is 35.5. The number of rotatable bonds is 14. The Morgan fingerprint density at radius 2 is 1.59 bits per heavy atom. The third-order valence-corrected chi connectivity index (χ3v) is 15.9. The van der Waals surface area contributed by atoms with Crippen molar-refractivity contribution in [2.75, 3.05) is 47.3 Å². The lowest BCUT2D eigenvalue weighted by Gasteiger charge is -2.63. The van der Waals surface area contributed by atoms with E-state index in [-0.39, 0.29) is 58.8 Å². The van der Waals surface area contributed by atoms with Gasteiger partial charge in [0.05, 0.1) is 35.1 Å². The van der Waals surface area contributed by atoms with Crippen LogP contribution in [0.5, 0.6) is 11.5 Å². The molecule has 3 saturated carbocycles. The number of hydrogen-bond acceptors (Lipinski definition) is 13. The van der Waals surface area contributed by atoms with E-state index in [0.29, 0.717) is 74.7 Å². The summed E-state index contributed by atoms with van der Waals surface area (Å²) in [5.41, 5.74) is 1.89. The lowest BCUT2D eigenvalue weighted by molar-refractivity contribution is -0.164. The molecule has 1 atom stereocenters. The van der Waals surface area contributed by atoms with E-state index in [1.54, 1.807) is 68.0 Å². The molecule has 5 aliphatic rings. The molecule has 4 aromatic rings. The number of nitrogens with zero attached hydrogens (tertiary/aromatic N) is 8. The number of likely N-dealkylation sites (N-methyl/N-ethyl adjacent to an activating group) is 1. The SMILES string of the molecule is CC[C@@H]1C(=O)N(C)c2cnc(Nc3ccc(C(=O)NC4CC(CC5CCN(c6ncc(C(=O)NC7C(C)(C)C(Oc8ccc(C#N)c(Cl)c8)C7(C)C)cn6)CC5)C4)cc3OC)nc2N1C1CCCC1. The van der Waals surface area contributed by atoms with E-state index in [0.717, 1.165) is 76.7 Å². The molecule has 364 valence electrons. The minimum atomic E-state index is -0.388. The van der Waals surface area contributed by atoms with Crippen LogP contribution in [0, 0.1) is 34.0 Å². The van der Waals surface area contributed by atoms with Gasteiger partial charge in [0.15, 0.2) is 5.82 Å². The third-order valence-electron chi connectivity index (χ3n) is 15.6. The van der Waals surface area contributed by atoms with Gasteiger partial charge < -0.3 is 40.1 Å². The number of benzene rings is 2. The molecule has 4 fully saturated rings. The summed E-state index contributed by atoms with van der Waals surface area (Å²) in [6.07, 6.45) is 14.9. The smallest absolute Gasteiger partial charge is 0.254 e. The summed E-state index contributed by atoms with van der Waals surface area (Å²) in [5, 5.41) is 19.4. The van der Waals surface area contributed by atoms with Crippen LogP contribution < -0.4 is 40.1 Å². The van der Waals surface area contributed by atoms with Crippen LogP contribution in [0.25, 0.3) is 0 Å². The standard InChI is InChI=1S/C52H64ClN11O5/c1-8-40-46(67)62(6)41-29-55-49(60-43(41)64(40)36-11-9-10-12-36)59-39-16-14-32(24-42(39)68-7)44(65)58-35-22-31(23-35)21-30-17-19-63(20-18-30)50-56-27-34(28-57-50)45(66)61-47-51(2,3)48(52(47,4)5)69-37-15-13-33(26-54)38(53)25-37/h13-16,24-25,27-31,35-36,40,47-48H,8-12,17-23H2,1-7H3,(H,58,65)(H,61,66)(H,55,59,60)/t31?,35?,40-,47?,48?/m1/s1. The van der Waals surface area contributed by atoms with Gasteiger partial charge in [0.25, 0.3) is 11.8 Å². The van der Waals surface area contributed by atoms with Crippen LogP contribution in [0.3, 0.4) is 0 Å². The second-order valence-corrected chi connectivity index (χ2v) is 21.3. The molecular formula is C52H64ClN11O5. The molecule has 16 nitrogen and oxygen atoms in total. The van der Waals surface area contributed by atoms with Crippen LogP contribution in [-0.4, -0.2) is 95.2 Å². The maximum atomic E-state index is 13.5. The van der Waals surface area contributed by atoms with Gasteiger partial charge in [-0.2, -0.15) is 10.2 Å². The number of nitrogens with one attached hydrogen (secondary N) is 3. The molecule has 4 heterocycles. The first-order valence-electron chi connectivity index (χ1n) is 24.5.